The second-order valence-corrected chi connectivity index (χ2v) is 8.97. The van der Waals surface area contributed by atoms with Crippen molar-refractivity contribution in [2.24, 2.45) is 0 Å². The van der Waals surface area contributed by atoms with Crippen molar-refractivity contribution in [3.63, 3.8) is 0 Å². The number of nitrogens with zero attached hydrogens (tertiary/aromatic N) is 2. The molecular weight excluding hydrogens is 530 g/mol. The van der Waals surface area contributed by atoms with E-state index in [1.807, 2.05) is 31.2 Å². The first-order valence-electron chi connectivity index (χ1n) is 10.9. The summed E-state index contributed by atoms with van der Waals surface area (Å²) in [6.45, 7) is 2.28. The SMILES string of the molecule is COc1cc(/C=C2/NC(=O)N(Cc3cccc(C)c3)C2=O)cc(Br)c1OCc1ccc([N+](=O)[O-])cc1. The smallest absolute Gasteiger partial charge is 0.329 e. The number of urea groups is 1. The number of aryl methyl sites for hydroxylation is 1. The first kappa shape index (κ1) is 24.9. The molecular formula is C26H22BrN3O6. The van der Waals surface area contributed by atoms with Crippen LogP contribution in [0.1, 0.15) is 22.3 Å². The Morgan fingerprint density at radius 1 is 1.08 bits per heavy atom. The Morgan fingerprint density at radius 2 is 1.83 bits per heavy atom. The van der Waals surface area contributed by atoms with Gasteiger partial charge < -0.3 is 14.8 Å². The van der Waals surface area contributed by atoms with E-state index in [2.05, 4.69) is 21.2 Å². The molecule has 1 aliphatic heterocycles. The Balaban J connectivity index is 1.51. The van der Waals surface area contributed by atoms with Gasteiger partial charge in [-0.1, -0.05) is 29.8 Å². The van der Waals surface area contributed by atoms with Crippen molar-refractivity contribution in [3.8, 4) is 11.5 Å². The molecule has 3 aromatic rings. The summed E-state index contributed by atoms with van der Waals surface area (Å²) in [5.74, 6) is 0.419. The number of carbonyl (C=O) groups is 2. The number of methoxy groups -OCH3 is 1. The topological polar surface area (TPSA) is 111 Å². The Labute approximate surface area is 215 Å². The number of non-ortho nitro benzene ring substituents is 1. The molecule has 3 amide bonds. The summed E-state index contributed by atoms with van der Waals surface area (Å²) in [5.41, 5.74) is 3.42. The van der Waals surface area contributed by atoms with Crippen LogP contribution in [0, 0.1) is 17.0 Å². The van der Waals surface area contributed by atoms with E-state index in [0.29, 0.717) is 21.5 Å². The maximum absolute atomic E-state index is 12.9. The summed E-state index contributed by atoms with van der Waals surface area (Å²) >= 11 is 3.48. The molecule has 0 radical (unpaired) electrons. The van der Waals surface area contributed by atoms with Gasteiger partial charge in [-0.3, -0.25) is 19.8 Å². The van der Waals surface area contributed by atoms with E-state index in [-0.39, 0.29) is 24.5 Å². The molecule has 4 rings (SSSR count). The van der Waals surface area contributed by atoms with Gasteiger partial charge in [0.2, 0.25) is 0 Å². The van der Waals surface area contributed by atoms with E-state index in [9.17, 15) is 19.7 Å². The first-order chi connectivity index (χ1) is 17.2. The fraction of sp³-hybridized carbons (Fsp3) is 0.154. The maximum atomic E-state index is 12.9. The highest BCUT2D eigenvalue weighted by Crippen LogP contribution is 2.38. The highest BCUT2D eigenvalue weighted by atomic mass is 79.9. The van der Waals surface area contributed by atoms with Gasteiger partial charge in [0.05, 0.1) is 23.1 Å². The Hall–Kier alpha value is -4.18. The lowest BCUT2D eigenvalue weighted by Gasteiger charge is -2.14. The van der Waals surface area contributed by atoms with Crippen LogP contribution in [0.4, 0.5) is 10.5 Å². The summed E-state index contributed by atoms with van der Waals surface area (Å²) in [6.07, 6.45) is 1.57. The standard InChI is InChI=1S/C26H22BrN3O6/c1-16-4-3-5-18(10-16)14-29-25(31)22(28-26(29)32)12-19-11-21(27)24(23(13-19)35-2)36-15-17-6-8-20(9-7-17)30(33)34/h3-13H,14-15H2,1-2H3,(H,28,32)/b22-12+. The van der Waals surface area contributed by atoms with Crippen molar-refractivity contribution in [2.45, 2.75) is 20.1 Å². The highest BCUT2D eigenvalue weighted by molar-refractivity contribution is 9.10. The lowest BCUT2D eigenvalue weighted by atomic mass is 10.1. The number of hydrogen-bond acceptors (Lipinski definition) is 6. The van der Waals surface area contributed by atoms with Gasteiger partial charge in [0, 0.05) is 12.1 Å². The summed E-state index contributed by atoms with van der Waals surface area (Å²) in [6, 6.07) is 16.6. The van der Waals surface area contributed by atoms with Crippen molar-refractivity contribution < 1.29 is 24.0 Å². The van der Waals surface area contributed by atoms with Crippen LogP contribution in [-0.2, 0) is 17.9 Å². The molecule has 0 unspecified atom stereocenters. The van der Waals surface area contributed by atoms with Crippen molar-refractivity contribution in [1.82, 2.24) is 10.2 Å². The van der Waals surface area contributed by atoms with E-state index >= 15 is 0 Å². The number of halogens is 1. The Morgan fingerprint density at radius 3 is 2.50 bits per heavy atom. The van der Waals surface area contributed by atoms with Crippen LogP contribution in [0.3, 0.4) is 0 Å². The van der Waals surface area contributed by atoms with Crippen LogP contribution in [0.5, 0.6) is 11.5 Å². The first-order valence-corrected chi connectivity index (χ1v) is 11.7. The fourth-order valence-corrected chi connectivity index (χ4v) is 4.28. The van der Waals surface area contributed by atoms with Crippen molar-refractivity contribution >= 4 is 39.6 Å². The molecule has 1 heterocycles. The summed E-state index contributed by atoms with van der Waals surface area (Å²) in [7, 11) is 1.49. The lowest BCUT2D eigenvalue weighted by Crippen LogP contribution is -2.30. The van der Waals surface area contributed by atoms with E-state index in [4.69, 9.17) is 9.47 Å². The van der Waals surface area contributed by atoms with Crippen molar-refractivity contribution in [1.29, 1.82) is 0 Å². The van der Waals surface area contributed by atoms with Crippen LogP contribution in [-0.4, -0.2) is 28.9 Å². The number of rotatable bonds is 8. The third kappa shape index (κ3) is 5.55. The second-order valence-electron chi connectivity index (χ2n) is 8.11. The van der Waals surface area contributed by atoms with E-state index < -0.39 is 16.9 Å². The number of imide groups is 1. The maximum Gasteiger partial charge on any atom is 0.329 e. The lowest BCUT2D eigenvalue weighted by molar-refractivity contribution is -0.384. The second kappa shape index (κ2) is 10.6. The number of benzene rings is 3. The molecule has 9 nitrogen and oxygen atoms in total. The van der Waals surface area contributed by atoms with Gasteiger partial charge in [-0.05, 0) is 69.9 Å². The zero-order valence-corrected chi connectivity index (χ0v) is 21.1. The van der Waals surface area contributed by atoms with Gasteiger partial charge in [0.1, 0.15) is 12.3 Å². The molecule has 1 N–H and O–H groups in total. The summed E-state index contributed by atoms with van der Waals surface area (Å²) < 4.78 is 11.9. The number of hydrogen-bond donors (Lipinski definition) is 1. The van der Waals surface area contributed by atoms with E-state index in [0.717, 1.165) is 21.6 Å². The number of ether oxygens (including phenoxy) is 2. The zero-order valence-electron chi connectivity index (χ0n) is 19.5. The fourth-order valence-electron chi connectivity index (χ4n) is 3.71. The minimum atomic E-state index is -0.484. The monoisotopic (exact) mass is 551 g/mol. The number of nitrogens with one attached hydrogen (secondary N) is 1. The minimum Gasteiger partial charge on any atom is -0.493 e. The number of nitro benzene ring substituents is 1. The molecule has 1 fully saturated rings. The van der Waals surface area contributed by atoms with Crippen LogP contribution in [0.25, 0.3) is 6.08 Å². The molecule has 3 aromatic carbocycles. The quantitative estimate of drug-likeness (QED) is 0.175. The number of amides is 3. The average Bonchev–Trinajstić information content (AvgIpc) is 3.10. The molecule has 0 bridgehead atoms. The average molecular weight is 552 g/mol. The predicted octanol–water partition coefficient (Wildman–Crippen LogP) is 5.35. The van der Waals surface area contributed by atoms with Gasteiger partial charge in [0.15, 0.2) is 11.5 Å². The third-order valence-electron chi connectivity index (χ3n) is 5.48. The van der Waals surface area contributed by atoms with Gasteiger partial charge >= 0.3 is 6.03 Å². The zero-order chi connectivity index (χ0) is 25.8. The van der Waals surface area contributed by atoms with Gasteiger partial charge in [-0.25, -0.2) is 4.79 Å². The molecule has 1 saturated heterocycles. The van der Waals surface area contributed by atoms with Crippen LogP contribution in [0.15, 0.2) is 70.8 Å². The molecule has 0 spiro atoms. The molecule has 0 aromatic heterocycles. The molecule has 1 aliphatic rings. The molecule has 10 heteroatoms. The molecule has 0 saturated carbocycles. The van der Waals surface area contributed by atoms with Gasteiger partial charge in [-0.15, -0.1) is 0 Å². The number of carbonyl (C=O) groups excluding carboxylic acids is 2. The van der Waals surface area contributed by atoms with Crippen LogP contribution >= 0.6 is 15.9 Å². The summed E-state index contributed by atoms with van der Waals surface area (Å²) in [5, 5.41) is 13.5. The number of nitro groups is 1. The molecule has 184 valence electrons. The van der Waals surface area contributed by atoms with Crippen molar-refractivity contribution in [2.75, 3.05) is 7.11 Å². The van der Waals surface area contributed by atoms with Gasteiger partial charge in [0.25, 0.3) is 11.6 Å². The Bertz CT molecular complexity index is 1370. The van der Waals surface area contributed by atoms with Crippen LogP contribution in [0.2, 0.25) is 0 Å². The third-order valence-corrected chi connectivity index (χ3v) is 6.07. The Kier molecular flexibility index (Phi) is 7.35. The van der Waals surface area contributed by atoms with Crippen LogP contribution < -0.4 is 14.8 Å². The van der Waals surface area contributed by atoms with Gasteiger partial charge in [-0.2, -0.15) is 0 Å². The molecule has 0 aliphatic carbocycles. The minimum absolute atomic E-state index is 0.000833. The normalized spacial score (nSPS) is 14.2. The van der Waals surface area contributed by atoms with Crippen molar-refractivity contribution in [3.05, 3.63) is 103 Å². The highest BCUT2D eigenvalue weighted by Gasteiger charge is 2.33. The summed E-state index contributed by atoms with van der Waals surface area (Å²) in [4.78, 5) is 36.9. The van der Waals surface area contributed by atoms with E-state index in [1.54, 1.807) is 30.3 Å². The molecule has 0 atom stereocenters. The largest absolute Gasteiger partial charge is 0.493 e. The predicted molar refractivity (Wildman–Crippen MR) is 136 cm³/mol. The van der Waals surface area contributed by atoms with E-state index in [1.165, 1.54) is 19.2 Å². The molecule has 36 heavy (non-hydrogen) atoms.